The van der Waals surface area contributed by atoms with Crippen LogP contribution in [0.2, 0.25) is 0 Å². The Hall–Kier alpha value is -2.56. The molecule has 1 amide bonds. The Balaban J connectivity index is 2.20. The van der Waals surface area contributed by atoms with Gasteiger partial charge in [-0.2, -0.15) is 0 Å². The monoisotopic (exact) mass is 286 g/mol. The minimum Gasteiger partial charge on any atom is -0.488 e. The molecule has 1 aromatic carbocycles. The number of carbonyl (C=O) groups is 1. The van der Waals surface area contributed by atoms with Gasteiger partial charge in [0.2, 0.25) is 5.91 Å². The van der Waals surface area contributed by atoms with Crippen molar-refractivity contribution in [3.8, 4) is 5.75 Å². The van der Waals surface area contributed by atoms with E-state index in [0.717, 1.165) is 0 Å². The highest BCUT2D eigenvalue weighted by molar-refractivity contribution is 5.93. The first-order chi connectivity index (χ1) is 10.1. The molecule has 0 aliphatic rings. The Kier molecular flexibility index (Phi) is 4.77. The number of para-hydroxylation sites is 1. The van der Waals surface area contributed by atoms with Crippen molar-refractivity contribution in [3.63, 3.8) is 0 Å². The molecule has 0 aliphatic carbocycles. The summed E-state index contributed by atoms with van der Waals surface area (Å²) in [6.07, 6.45) is 1.58. The van der Waals surface area contributed by atoms with Crippen molar-refractivity contribution in [1.29, 1.82) is 0 Å². The first-order valence-corrected chi connectivity index (χ1v) is 6.83. The summed E-state index contributed by atoms with van der Waals surface area (Å²) in [5, 5.41) is 2.78. The van der Waals surface area contributed by atoms with Gasteiger partial charge in [0.25, 0.3) is 5.56 Å². The van der Waals surface area contributed by atoms with Crippen molar-refractivity contribution >= 4 is 11.6 Å². The summed E-state index contributed by atoms with van der Waals surface area (Å²) in [7, 11) is 0. The molecule has 0 fully saturated rings. The number of anilines is 1. The van der Waals surface area contributed by atoms with Gasteiger partial charge in [0, 0.05) is 11.9 Å². The zero-order valence-corrected chi connectivity index (χ0v) is 12.1. The molecule has 0 radical (unpaired) electrons. The topological polar surface area (TPSA) is 60.3 Å². The molecule has 0 bridgehead atoms. The second-order valence-electron chi connectivity index (χ2n) is 4.55. The molecule has 1 unspecified atom stereocenters. The summed E-state index contributed by atoms with van der Waals surface area (Å²) in [6.45, 7) is 3.89. The van der Waals surface area contributed by atoms with Crippen LogP contribution in [0.15, 0.2) is 53.5 Å². The maximum absolute atomic E-state index is 12.2. The SMILES string of the molecule is CCOc1cccn(C(C)C(=O)Nc2ccccc2)c1=O. The standard InChI is InChI=1S/C16H18N2O3/c1-3-21-14-10-7-11-18(16(14)20)12(2)15(19)17-13-8-5-4-6-9-13/h4-12H,3H2,1-2H3,(H,17,19). The van der Waals surface area contributed by atoms with E-state index >= 15 is 0 Å². The molecule has 5 nitrogen and oxygen atoms in total. The molecule has 1 N–H and O–H groups in total. The Morgan fingerprint density at radius 3 is 2.62 bits per heavy atom. The quantitative estimate of drug-likeness (QED) is 0.918. The van der Waals surface area contributed by atoms with Gasteiger partial charge in [0.15, 0.2) is 5.75 Å². The van der Waals surface area contributed by atoms with E-state index in [-0.39, 0.29) is 17.2 Å². The lowest BCUT2D eigenvalue weighted by molar-refractivity contribution is -0.118. The van der Waals surface area contributed by atoms with Gasteiger partial charge in [-0.3, -0.25) is 9.59 Å². The van der Waals surface area contributed by atoms with E-state index in [1.165, 1.54) is 4.57 Å². The molecule has 5 heteroatoms. The number of hydrogen-bond donors (Lipinski definition) is 1. The highest BCUT2D eigenvalue weighted by Gasteiger charge is 2.17. The van der Waals surface area contributed by atoms with Crippen LogP contribution in [-0.4, -0.2) is 17.1 Å². The van der Waals surface area contributed by atoms with Crippen molar-refractivity contribution in [3.05, 3.63) is 59.0 Å². The third-order valence-corrected chi connectivity index (χ3v) is 3.08. The van der Waals surface area contributed by atoms with E-state index in [0.29, 0.717) is 12.3 Å². The lowest BCUT2D eigenvalue weighted by Gasteiger charge is -2.16. The minimum absolute atomic E-state index is 0.249. The molecule has 0 aliphatic heterocycles. The number of aromatic nitrogens is 1. The van der Waals surface area contributed by atoms with Crippen molar-refractivity contribution in [2.45, 2.75) is 19.9 Å². The van der Waals surface area contributed by atoms with Crippen LogP contribution in [0.4, 0.5) is 5.69 Å². The van der Waals surface area contributed by atoms with Crippen LogP contribution in [0.3, 0.4) is 0 Å². The van der Waals surface area contributed by atoms with E-state index in [1.807, 2.05) is 25.1 Å². The van der Waals surface area contributed by atoms with Crippen LogP contribution in [0.25, 0.3) is 0 Å². The second kappa shape index (κ2) is 6.74. The number of nitrogens with zero attached hydrogens (tertiary/aromatic N) is 1. The second-order valence-corrected chi connectivity index (χ2v) is 4.55. The molecule has 0 saturated heterocycles. The predicted molar refractivity (Wildman–Crippen MR) is 81.7 cm³/mol. The predicted octanol–water partition coefficient (Wildman–Crippen LogP) is 2.45. The van der Waals surface area contributed by atoms with Gasteiger partial charge in [-0.15, -0.1) is 0 Å². The first-order valence-electron chi connectivity index (χ1n) is 6.83. The normalized spacial score (nSPS) is 11.7. The maximum atomic E-state index is 12.2. The molecule has 1 heterocycles. The first kappa shape index (κ1) is 14.8. The van der Waals surface area contributed by atoms with Crippen LogP contribution < -0.4 is 15.6 Å². The summed E-state index contributed by atoms with van der Waals surface area (Å²) in [6, 6.07) is 11.8. The molecule has 2 rings (SSSR count). The zero-order chi connectivity index (χ0) is 15.2. The molecule has 21 heavy (non-hydrogen) atoms. The lowest BCUT2D eigenvalue weighted by Crippen LogP contribution is -2.31. The largest absolute Gasteiger partial charge is 0.488 e. The fourth-order valence-corrected chi connectivity index (χ4v) is 1.95. The third kappa shape index (κ3) is 3.51. The van der Waals surface area contributed by atoms with Gasteiger partial charge in [0.05, 0.1) is 6.61 Å². The molecule has 1 atom stereocenters. The number of ether oxygens (including phenoxy) is 1. The van der Waals surface area contributed by atoms with Gasteiger partial charge in [-0.1, -0.05) is 18.2 Å². The molecule has 1 aromatic heterocycles. The summed E-state index contributed by atoms with van der Waals surface area (Å²) in [5.41, 5.74) is 0.387. The molecular formula is C16H18N2O3. The summed E-state index contributed by atoms with van der Waals surface area (Å²) in [5.74, 6) is -0.00342. The Morgan fingerprint density at radius 1 is 1.24 bits per heavy atom. The zero-order valence-electron chi connectivity index (χ0n) is 12.1. The molecule has 0 saturated carbocycles. The fraction of sp³-hybridized carbons (Fsp3) is 0.250. The Morgan fingerprint density at radius 2 is 1.95 bits per heavy atom. The van der Waals surface area contributed by atoms with Crippen LogP contribution in [0, 0.1) is 0 Å². The average Bonchev–Trinajstić information content (AvgIpc) is 2.50. The van der Waals surface area contributed by atoms with E-state index in [1.54, 1.807) is 37.4 Å². The van der Waals surface area contributed by atoms with E-state index in [4.69, 9.17) is 4.74 Å². The van der Waals surface area contributed by atoms with E-state index in [9.17, 15) is 9.59 Å². The fourth-order valence-electron chi connectivity index (χ4n) is 1.95. The van der Waals surface area contributed by atoms with Crippen LogP contribution in [0.1, 0.15) is 19.9 Å². The number of amides is 1. The van der Waals surface area contributed by atoms with Gasteiger partial charge < -0.3 is 14.6 Å². The number of pyridine rings is 1. The lowest BCUT2D eigenvalue weighted by atomic mass is 10.2. The van der Waals surface area contributed by atoms with Crippen LogP contribution in [-0.2, 0) is 4.79 Å². The molecule has 2 aromatic rings. The number of rotatable bonds is 5. The van der Waals surface area contributed by atoms with Crippen LogP contribution >= 0.6 is 0 Å². The maximum Gasteiger partial charge on any atom is 0.293 e. The van der Waals surface area contributed by atoms with E-state index < -0.39 is 6.04 Å². The summed E-state index contributed by atoms with van der Waals surface area (Å²) in [4.78, 5) is 24.4. The number of hydrogen-bond acceptors (Lipinski definition) is 3. The third-order valence-electron chi connectivity index (χ3n) is 3.08. The smallest absolute Gasteiger partial charge is 0.293 e. The number of benzene rings is 1. The van der Waals surface area contributed by atoms with Gasteiger partial charge in [-0.25, -0.2) is 0 Å². The summed E-state index contributed by atoms with van der Waals surface area (Å²) >= 11 is 0. The number of nitrogens with one attached hydrogen (secondary N) is 1. The van der Waals surface area contributed by atoms with Crippen molar-refractivity contribution < 1.29 is 9.53 Å². The van der Waals surface area contributed by atoms with Crippen LogP contribution in [0.5, 0.6) is 5.75 Å². The molecule has 0 spiro atoms. The minimum atomic E-state index is -0.627. The van der Waals surface area contributed by atoms with E-state index in [2.05, 4.69) is 5.32 Å². The van der Waals surface area contributed by atoms with Crippen molar-refractivity contribution in [2.24, 2.45) is 0 Å². The highest BCUT2D eigenvalue weighted by Crippen LogP contribution is 2.12. The van der Waals surface area contributed by atoms with Crippen molar-refractivity contribution in [2.75, 3.05) is 11.9 Å². The van der Waals surface area contributed by atoms with Gasteiger partial charge in [-0.05, 0) is 38.1 Å². The van der Waals surface area contributed by atoms with Crippen molar-refractivity contribution in [1.82, 2.24) is 4.57 Å². The van der Waals surface area contributed by atoms with Gasteiger partial charge >= 0.3 is 0 Å². The molecule has 110 valence electrons. The van der Waals surface area contributed by atoms with Gasteiger partial charge in [0.1, 0.15) is 6.04 Å². The average molecular weight is 286 g/mol. The highest BCUT2D eigenvalue weighted by atomic mass is 16.5. The Bertz CT molecular complexity index is 665. The Labute approximate surface area is 123 Å². The molecular weight excluding hydrogens is 268 g/mol. The number of carbonyl (C=O) groups excluding carboxylic acids is 1. The summed E-state index contributed by atoms with van der Waals surface area (Å²) < 4.78 is 6.62.